The quantitative estimate of drug-likeness (QED) is 0.852. The van der Waals surface area contributed by atoms with Crippen molar-refractivity contribution in [3.8, 4) is 0 Å². The van der Waals surface area contributed by atoms with Gasteiger partial charge in [0.05, 0.1) is 6.54 Å². The first-order chi connectivity index (χ1) is 9.54. The lowest BCUT2D eigenvalue weighted by atomic mass is 10.2. The van der Waals surface area contributed by atoms with E-state index in [1.54, 1.807) is 24.3 Å². The Labute approximate surface area is 131 Å². The van der Waals surface area contributed by atoms with Crippen LogP contribution in [0.5, 0.6) is 0 Å². The fourth-order valence-corrected chi connectivity index (χ4v) is 2.23. The highest BCUT2D eigenvalue weighted by molar-refractivity contribution is 9.10. The van der Waals surface area contributed by atoms with Crippen LogP contribution < -0.4 is 10.6 Å². The zero-order valence-corrected chi connectivity index (χ0v) is 13.3. The van der Waals surface area contributed by atoms with E-state index in [0.29, 0.717) is 10.7 Å². The van der Waals surface area contributed by atoms with Gasteiger partial charge in [0.25, 0.3) is 0 Å². The van der Waals surface area contributed by atoms with E-state index in [9.17, 15) is 4.79 Å². The number of benzene rings is 2. The number of rotatable bonds is 4. The Balaban J connectivity index is 1.90. The third-order valence-electron chi connectivity index (χ3n) is 2.73. The summed E-state index contributed by atoms with van der Waals surface area (Å²) in [6.45, 7) is 2.21. The molecule has 0 unspecified atom stereocenters. The number of aryl methyl sites for hydroxylation is 1. The molecule has 104 valence electrons. The fraction of sp³-hybridized carbons (Fsp3) is 0.133. The molecule has 2 rings (SSSR count). The predicted molar refractivity (Wildman–Crippen MR) is 87.5 cm³/mol. The van der Waals surface area contributed by atoms with E-state index in [4.69, 9.17) is 11.6 Å². The largest absolute Gasteiger partial charge is 0.376 e. The number of carbonyl (C=O) groups is 1. The van der Waals surface area contributed by atoms with E-state index in [0.717, 1.165) is 15.7 Å². The second kappa shape index (κ2) is 6.77. The molecule has 2 aromatic carbocycles. The van der Waals surface area contributed by atoms with Crippen molar-refractivity contribution in [3.63, 3.8) is 0 Å². The molecule has 0 fully saturated rings. The molecule has 2 aromatic rings. The topological polar surface area (TPSA) is 41.1 Å². The highest BCUT2D eigenvalue weighted by atomic mass is 79.9. The average Bonchev–Trinajstić information content (AvgIpc) is 2.40. The molecule has 0 heterocycles. The third kappa shape index (κ3) is 4.25. The molecule has 3 nitrogen and oxygen atoms in total. The van der Waals surface area contributed by atoms with Crippen LogP contribution in [0.15, 0.2) is 46.9 Å². The van der Waals surface area contributed by atoms with Gasteiger partial charge in [-0.3, -0.25) is 4.79 Å². The number of hydrogen-bond acceptors (Lipinski definition) is 2. The van der Waals surface area contributed by atoms with Gasteiger partial charge in [-0.15, -0.1) is 0 Å². The lowest BCUT2D eigenvalue weighted by molar-refractivity contribution is -0.114. The van der Waals surface area contributed by atoms with Crippen LogP contribution in [-0.2, 0) is 4.79 Å². The molecule has 0 bridgehead atoms. The predicted octanol–water partition coefficient (Wildman–Crippen LogP) is 4.46. The van der Waals surface area contributed by atoms with Crippen LogP contribution in [0.25, 0.3) is 0 Å². The first kappa shape index (κ1) is 14.9. The summed E-state index contributed by atoms with van der Waals surface area (Å²) in [6.07, 6.45) is 0. The summed E-state index contributed by atoms with van der Waals surface area (Å²) in [4.78, 5) is 11.8. The summed E-state index contributed by atoms with van der Waals surface area (Å²) in [5.41, 5.74) is 2.73. The highest BCUT2D eigenvalue weighted by Gasteiger charge is 2.03. The normalized spacial score (nSPS) is 10.2. The number of carbonyl (C=O) groups excluding carboxylic acids is 1. The van der Waals surface area contributed by atoms with Crippen LogP contribution in [0.3, 0.4) is 0 Å². The zero-order valence-electron chi connectivity index (χ0n) is 10.9. The molecular weight excluding hydrogens is 340 g/mol. The van der Waals surface area contributed by atoms with Crippen LogP contribution >= 0.6 is 27.5 Å². The average molecular weight is 354 g/mol. The summed E-state index contributed by atoms with van der Waals surface area (Å²) in [6, 6.07) is 12.9. The molecule has 0 aromatic heterocycles. The van der Waals surface area contributed by atoms with Gasteiger partial charge in [0.1, 0.15) is 0 Å². The lowest BCUT2D eigenvalue weighted by Gasteiger charge is -2.09. The van der Waals surface area contributed by atoms with Gasteiger partial charge in [0.15, 0.2) is 0 Å². The Bertz CT molecular complexity index is 631. The van der Waals surface area contributed by atoms with Crippen LogP contribution in [0.2, 0.25) is 5.02 Å². The molecule has 1 amide bonds. The van der Waals surface area contributed by atoms with Crippen LogP contribution in [0.1, 0.15) is 5.56 Å². The van der Waals surface area contributed by atoms with Crippen molar-refractivity contribution in [2.45, 2.75) is 6.92 Å². The van der Waals surface area contributed by atoms with Crippen LogP contribution in [0.4, 0.5) is 11.4 Å². The second-order valence-electron chi connectivity index (χ2n) is 4.38. The molecule has 0 saturated carbocycles. The Morgan fingerprint density at radius 1 is 1.20 bits per heavy atom. The first-order valence-corrected chi connectivity index (χ1v) is 7.27. The van der Waals surface area contributed by atoms with Gasteiger partial charge in [-0.05, 0) is 42.8 Å². The number of nitrogens with one attached hydrogen (secondary N) is 2. The maximum atomic E-state index is 11.8. The van der Waals surface area contributed by atoms with Crippen molar-refractivity contribution in [2.24, 2.45) is 0 Å². The van der Waals surface area contributed by atoms with E-state index in [-0.39, 0.29) is 12.5 Å². The van der Waals surface area contributed by atoms with E-state index in [2.05, 4.69) is 26.6 Å². The summed E-state index contributed by atoms with van der Waals surface area (Å²) >= 11 is 9.32. The standard InChI is InChI=1S/C15H14BrClN2O/c1-10-5-6-12(8-14(10)16)18-9-15(20)19-13-4-2-3-11(17)7-13/h2-8,18H,9H2,1H3,(H,19,20). The van der Waals surface area contributed by atoms with Gasteiger partial charge in [-0.2, -0.15) is 0 Å². The molecule has 0 aliphatic rings. The molecular formula is C15H14BrClN2O. The Kier molecular flexibility index (Phi) is 5.04. The Morgan fingerprint density at radius 3 is 2.70 bits per heavy atom. The van der Waals surface area contributed by atoms with Crippen molar-refractivity contribution in [3.05, 3.63) is 57.5 Å². The summed E-state index contributed by atoms with van der Waals surface area (Å²) in [5, 5.41) is 6.45. The first-order valence-electron chi connectivity index (χ1n) is 6.10. The van der Waals surface area contributed by atoms with Crippen molar-refractivity contribution in [2.75, 3.05) is 17.2 Å². The van der Waals surface area contributed by atoms with E-state index >= 15 is 0 Å². The van der Waals surface area contributed by atoms with E-state index in [1.807, 2.05) is 25.1 Å². The molecule has 0 spiro atoms. The summed E-state index contributed by atoms with van der Waals surface area (Å²) < 4.78 is 1.01. The SMILES string of the molecule is Cc1ccc(NCC(=O)Nc2cccc(Cl)c2)cc1Br. The van der Waals surface area contributed by atoms with E-state index < -0.39 is 0 Å². The zero-order chi connectivity index (χ0) is 14.5. The van der Waals surface area contributed by atoms with Gasteiger partial charge in [-0.1, -0.05) is 39.7 Å². The number of anilines is 2. The van der Waals surface area contributed by atoms with E-state index in [1.165, 1.54) is 0 Å². The molecule has 5 heteroatoms. The minimum atomic E-state index is -0.121. The molecule has 0 radical (unpaired) electrons. The molecule has 0 aliphatic heterocycles. The van der Waals surface area contributed by atoms with Gasteiger partial charge in [0, 0.05) is 20.9 Å². The minimum absolute atomic E-state index is 0.121. The van der Waals surface area contributed by atoms with Gasteiger partial charge in [0.2, 0.25) is 5.91 Å². The van der Waals surface area contributed by atoms with Gasteiger partial charge >= 0.3 is 0 Å². The lowest BCUT2D eigenvalue weighted by Crippen LogP contribution is -2.21. The Morgan fingerprint density at radius 2 is 2.00 bits per heavy atom. The van der Waals surface area contributed by atoms with Crippen molar-refractivity contribution in [1.82, 2.24) is 0 Å². The molecule has 0 aliphatic carbocycles. The molecule has 2 N–H and O–H groups in total. The van der Waals surface area contributed by atoms with Gasteiger partial charge < -0.3 is 10.6 Å². The summed E-state index contributed by atoms with van der Waals surface area (Å²) in [5.74, 6) is -0.121. The van der Waals surface area contributed by atoms with Crippen LogP contribution in [0, 0.1) is 6.92 Å². The summed E-state index contributed by atoms with van der Waals surface area (Å²) in [7, 11) is 0. The van der Waals surface area contributed by atoms with Crippen LogP contribution in [-0.4, -0.2) is 12.5 Å². The van der Waals surface area contributed by atoms with Gasteiger partial charge in [-0.25, -0.2) is 0 Å². The maximum Gasteiger partial charge on any atom is 0.243 e. The monoisotopic (exact) mass is 352 g/mol. The fourth-order valence-electron chi connectivity index (χ4n) is 1.66. The maximum absolute atomic E-state index is 11.8. The second-order valence-corrected chi connectivity index (χ2v) is 5.67. The molecule has 0 atom stereocenters. The number of hydrogen-bond donors (Lipinski definition) is 2. The van der Waals surface area contributed by atoms with Crippen molar-refractivity contribution < 1.29 is 4.79 Å². The smallest absolute Gasteiger partial charge is 0.243 e. The number of amides is 1. The van der Waals surface area contributed by atoms with Crippen molar-refractivity contribution >= 4 is 44.8 Å². The number of halogens is 2. The minimum Gasteiger partial charge on any atom is -0.376 e. The third-order valence-corrected chi connectivity index (χ3v) is 3.82. The van der Waals surface area contributed by atoms with Crippen molar-refractivity contribution in [1.29, 1.82) is 0 Å². The molecule has 0 saturated heterocycles. The Hall–Kier alpha value is -1.52. The highest BCUT2D eigenvalue weighted by Crippen LogP contribution is 2.20. The molecule has 20 heavy (non-hydrogen) atoms.